The zero-order chi connectivity index (χ0) is 41.4. The van der Waals surface area contributed by atoms with Gasteiger partial charge in [0.25, 0.3) is 0 Å². The molecule has 13 rings (SSSR count). The minimum absolute atomic E-state index is 0.570. The van der Waals surface area contributed by atoms with Gasteiger partial charge in [0, 0.05) is 63.3 Å². The van der Waals surface area contributed by atoms with Crippen LogP contribution in [0.15, 0.2) is 194 Å². The quantitative estimate of drug-likeness (QED) is 0.167. The number of aromatic nitrogens is 6. The van der Waals surface area contributed by atoms with Crippen LogP contribution >= 0.6 is 22.7 Å². The maximum Gasteiger partial charge on any atom is 0.238 e. The van der Waals surface area contributed by atoms with Crippen molar-refractivity contribution < 1.29 is 0 Å². The van der Waals surface area contributed by atoms with Crippen LogP contribution in [0.3, 0.4) is 0 Å². The molecular weight excluding hydrogens is 809 g/mol. The molecule has 0 spiro atoms. The second kappa shape index (κ2) is 14.3. The van der Waals surface area contributed by atoms with Crippen molar-refractivity contribution in [2.75, 3.05) is 0 Å². The normalized spacial score (nSPS) is 11.8. The highest BCUT2D eigenvalue weighted by atomic mass is 32.1. The average Bonchev–Trinajstić information content (AvgIpc) is 4.03. The summed E-state index contributed by atoms with van der Waals surface area (Å²) in [5, 5.41) is 5.76. The highest BCUT2D eigenvalue weighted by molar-refractivity contribution is 7.26. The summed E-state index contributed by atoms with van der Waals surface area (Å²) in [6.45, 7) is 0. The van der Waals surface area contributed by atoms with Gasteiger partial charge in [-0.1, -0.05) is 152 Å². The molecule has 0 saturated carbocycles. The third-order valence-electron chi connectivity index (χ3n) is 11.9. The monoisotopic (exact) mass is 840 g/mol. The Labute approximate surface area is 369 Å². The van der Waals surface area contributed by atoms with E-state index in [4.69, 9.17) is 24.9 Å². The zero-order valence-corrected chi connectivity index (χ0v) is 35.1. The summed E-state index contributed by atoms with van der Waals surface area (Å²) in [7, 11) is 0. The zero-order valence-electron chi connectivity index (χ0n) is 33.5. The highest BCUT2D eigenvalue weighted by Crippen LogP contribution is 2.42. The van der Waals surface area contributed by atoms with Crippen LogP contribution in [0.5, 0.6) is 0 Å². The number of nitrogens with zero attached hydrogens (tertiary/aromatic N) is 6. The van der Waals surface area contributed by atoms with Gasteiger partial charge in [-0.25, -0.2) is 15.0 Å². The summed E-state index contributed by atoms with van der Waals surface area (Å²) in [5.74, 6) is 2.52. The fourth-order valence-electron chi connectivity index (χ4n) is 8.87. The Hall–Kier alpha value is -7.91. The standard InChI is InChI=1S/C55H32N6S2/c1-4-14-33(15-5-1)36-24-27-40-39-20-10-12-22-44(39)61(45(40)31-36)55-59-52(35-18-8-3-9-19-35)58-54(60-55)37-26-29-47-43(30-37)41-28-25-38(32-48(41)62-47)53-56-49(34-16-6-2-7-17-34)51-50(57-53)42-21-11-13-23-46(42)63-51/h1-32H. The second-order valence-corrected chi connectivity index (χ2v) is 17.8. The fourth-order valence-corrected chi connectivity index (χ4v) is 11.2. The molecule has 0 radical (unpaired) electrons. The van der Waals surface area contributed by atoms with Gasteiger partial charge in [-0.05, 0) is 53.6 Å². The molecule has 0 aliphatic heterocycles. The number of hydrogen-bond donors (Lipinski definition) is 0. The first kappa shape index (κ1) is 35.8. The summed E-state index contributed by atoms with van der Waals surface area (Å²) in [5.41, 5.74) is 10.2. The molecule has 0 aliphatic carbocycles. The van der Waals surface area contributed by atoms with E-state index in [0.29, 0.717) is 17.6 Å². The molecule has 5 aromatic heterocycles. The van der Waals surface area contributed by atoms with Gasteiger partial charge in [-0.3, -0.25) is 4.57 Å². The van der Waals surface area contributed by atoms with E-state index >= 15 is 0 Å². The summed E-state index contributed by atoms with van der Waals surface area (Å²) in [6, 6.07) is 68.0. The molecule has 0 atom stereocenters. The predicted octanol–water partition coefficient (Wildman–Crippen LogP) is 14.8. The summed E-state index contributed by atoms with van der Waals surface area (Å²) >= 11 is 3.53. The van der Waals surface area contributed by atoms with E-state index in [1.165, 1.54) is 19.5 Å². The molecule has 0 N–H and O–H groups in total. The minimum atomic E-state index is 0.570. The van der Waals surface area contributed by atoms with E-state index in [1.807, 2.05) is 30.3 Å². The molecule has 6 nitrogen and oxygen atoms in total. The summed E-state index contributed by atoms with van der Waals surface area (Å²) in [4.78, 5) is 26.2. The lowest BCUT2D eigenvalue weighted by Gasteiger charge is -2.11. The van der Waals surface area contributed by atoms with Crippen LogP contribution in [0, 0.1) is 0 Å². The van der Waals surface area contributed by atoms with E-state index in [9.17, 15) is 0 Å². The Balaban J connectivity index is 0.969. The topological polar surface area (TPSA) is 69.4 Å². The number of hydrogen-bond acceptors (Lipinski definition) is 7. The molecular formula is C55H32N6S2. The molecule has 63 heavy (non-hydrogen) atoms. The number of rotatable bonds is 6. The van der Waals surface area contributed by atoms with Crippen molar-refractivity contribution in [2.24, 2.45) is 0 Å². The Kier molecular flexibility index (Phi) is 8.15. The number of para-hydroxylation sites is 1. The molecule has 0 saturated heterocycles. The summed E-state index contributed by atoms with van der Waals surface area (Å²) in [6.07, 6.45) is 0. The van der Waals surface area contributed by atoms with Crippen molar-refractivity contribution in [3.8, 4) is 62.5 Å². The molecule has 8 aromatic carbocycles. The van der Waals surface area contributed by atoms with Crippen molar-refractivity contribution in [3.05, 3.63) is 194 Å². The van der Waals surface area contributed by atoms with Gasteiger partial charge >= 0.3 is 0 Å². The predicted molar refractivity (Wildman–Crippen MR) is 263 cm³/mol. The third-order valence-corrected chi connectivity index (χ3v) is 14.2. The van der Waals surface area contributed by atoms with Crippen molar-refractivity contribution in [1.29, 1.82) is 0 Å². The molecule has 0 bridgehead atoms. The average molecular weight is 841 g/mol. The fraction of sp³-hybridized carbons (Fsp3) is 0. The Morgan fingerprint density at radius 1 is 0.317 bits per heavy atom. The lowest BCUT2D eigenvalue weighted by molar-refractivity contribution is 0.954. The molecule has 0 amide bonds. The van der Waals surface area contributed by atoms with Gasteiger partial charge < -0.3 is 0 Å². The van der Waals surface area contributed by atoms with Crippen LogP contribution in [0.4, 0.5) is 0 Å². The summed E-state index contributed by atoms with van der Waals surface area (Å²) < 4.78 is 6.86. The molecule has 0 unspecified atom stereocenters. The number of benzene rings is 8. The van der Waals surface area contributed by atoms with Crippen molar-refractivity contribution in [3.63, 3.8) is 0 Å². The number of fused-ring (bicyclic) bond motifs is 9. The molecule has 0 fully saturated rings. The van der Waals surface area contributed by atoms with E-state index < -0.39 is 0 Å². The molecule has 0 aliphatic rings. The first-order chi connectivity index (χ1) is 31.2. The van der Waals surface area contributed by atoms with E-state index in [2.05, 4.69) is 168 Å². The van der Waals surface area contributed by atoms with E-state index in [1.54, 1.807) is 22.7 Å². The molecule has 5 heterocycles. The van der Waals surface area contributed by atoms with Gasteiger partial charge in [0.15, 0.2) is 17.5 Å². The lowest BCUT2D eigenvalue weighted by atomic mass is 10.0. The van der Waals surface area contributed by atoms with Crippen LogP contribution < -0.4 is 0 Å². The maximum absolute atomic E-state index is 5.30. The maximum atomic E-state index is 5.30. The van der Waals surface area contributed by atoms with Crippen molar-refractivity contribution >= 4 is 85.0 Å². The van der Waals surface area contributed by atoms with Crippen LogP contribution in [0.1, 0.15) is 0 Å². The van der Waals surface area contributed by atoms with Crippen LogP contribution in [0.2, 0.25) is 0 Å². The van der Waals surface area contributed by atoms with Crippen molar-refractivity contribution in [2.45, 2.75) is 0 Å². The minimum Gasteiger partial charge on any atom is -0.278 e. The Morgan fingerprint density at radius 3 is 1.71 bits per heavy atom. The SMILES string of the molecule is c1ccc(-c2ccc3c4ccccc4n(-c4nc(-c5ccccc5)nc(-c5ccc6sc7cc(-c8nc(-c9ccccc9)c9sc%10ccccc%10c9n8)ccc7c6c5)n4)c3c2)cc1. The molecule has 8 heteroatoms. The van der Waals surface area contributed by atoms with E-state index in [0.717, 1.165) is 87.7 Å². The first-order valence-electron chi connectivity index (χ1n) is 20.8. The smallest absolute Gasteiger partial charge is 0.238 e. The third kappa shape index (κ3) is 5.95. The molecule has 13 aromatic rings. The number of thiophene rings is 2. The van der Waals surface area contributed by atoms with Crippen LogP contribution in [-0.2, 0) is 0 Å². The van der Waals surface area contributed by atoms with Gasteiger partial charge in [-0.2, -0.15) is 9.97 Å². The van der Waals surface area contributed by atoms with Crippen LogP contribution in [0.25, 0.3) is 125 Å². The van der Waals surface area contributed by atoms with Crippen molar-refractivity contribution in [1.82, 2.24) is 29.5 Å². The molecule has 294 valence electrons. The highest BCUT2D eigenvalue weighted by Gasteiger charge is 2.21. The first-order valence-corrected chi connectivity index (χ1v) is 22.5. The largest absolute Gasteiger partial charge is 0.278 e. The van der Waals surface area contributed by atoms with Gasteiger partial charge in [0.05, 0.1) is 26.9 Å². The van der Waals surface area contributed by atoms with Gasteiger partial charge in [-0.15, -0.1) is 22.7 Å². The Morgan fingerprint density at radius 2 is 0.905 bits per heavy atom. The van der Waals surface area contributed by atoms with Crippen LogP contribution in [-0.4, -0.2) is 29.5 Å². The second-order valence-electron chi connectivity index (χ2n) is 15.7. The van der Waals surface area contributed by atoms with Gasteiger partial charge in [0.1, 0.15) is 0 Å². The van der Waals surface area contributed by atoms with E-state index in [-0.39, 0.29) is 0 Å². The Bertz CT molecular complexity index is 3910. The lowest BCUT2D eigenvalue weighted by Crippen LogP contribution is -2.06. The van der Waals surface area contributed by atoms with Gasteiger partial charge in [0.2, 0.25) is 5.95 Å².